The van der Waals surface area contributed by atoms with Crippen LogP contribution in [0.4, 0.5) is 0 Å². The highest BCUT2D eigenvalue weighted by Crippen LogP contribution is 2.27. The molecule has 1 aliphatic rings. The number of nitrogens with zero attached hydrogens (tertiary/aromatic N) is 4. The number of sulfonamides is 1. The molecule has 2 aromatic heterocycles. The van der Waals surface area contributed by atoms with E-state index in [4.69, 9.17) is 5.14 Å². The highest BCUT2D eigenvalue weighted by Gasteiger charge is 2.21. The monoisotopic (exact) mass is 398 g/mol. The summed E-state index contributed by atoms with van der Waals surface area (Å²) in [6.07, 6.45) is 4.40. The molecule has 3 aromatic rings. The lowest BCUT2D eigenvalue weighted by molar-refractivity contribution is 0.597. The van der Waals surface area contributed by atoms with Gasteiger partial charge in [-0.15, -0.1) is 5.10 Å². The third-order valence-electron chi connectivity index (χ3n) is 4.60. The molecule has 28 heavy (non-hydrogen) atoms. The molecule has 0 saturated heterocycles. The van der Waals surface area contributed by atoms with Crippen molar-refractivity contribution >= 4 is 10.0 Å². The van der Waals surface area contributed by atoms with Crippen LogP contribution < -0.4 is 10.5 Å². The summed E-state index contributed by atoms with van der Waals surface area (Å²) in [6.45, 7) is 1.56. The zero-order valence-corrected chi connectivity index (χ0v) is 16.1. The number of hydrogen-bond acceptors (Lipinski definition) is 6. The fourth-order valence-corrected chi connectivity index (χ4v) is 3.38. The van der Waals surface area contributed by atoms with Crippen molar-refractivity contribution in [1.82, 2.24) is 25.1 Å². The summed E-state index contributed by atoms with van der Waals surface area (Å²) in [5.74, 6) is 2.70. The van der Waals surface area contributed by atoms with Crippen LogP contribution in [0, 0.1) is 5.92 Å². The molecule has 4 rings (SSSR count). The molecule has 2 heterocycles. The van der Waals surface area contributed by atoms with Crippen molar-refractivity contribution in [1.29, 1.82) is 0 Å². The van der Waals surface area contributed by atoms with Crippen molar-refractivity contribution in [2.24, 2.45) is 11.1 Å². The Balaban J connectivity index is 1.61. The average Bonchev–Trinajstić information content (AvgIpc) is 3.42. The molecule has 1 fully saturated rings. The van der Waals surface area contributed by atoms with E-state index in [9.17, 15) is 8.42 Å². The van der Waals surface area contributed by atoms with E-state index < -0.39 is 10.0 Å². The van der Waals surface area contributed by atoms with Crippen LogP contribution in [0.25, 0.3) is 5.82 Å². The standard InChI is InChI=1S/C19H22N6O2S/c20-28(26,27)16-8-9-18(22-12-16)25-19(10-14-4-2-1-3-5-14)23-17(24-25)13-21-11-15-6-7-15/h1-5,8-9,12,15,21H,6-7,10-11,13H2,(H2,20,26,27). The van der Waals surface area contributed by atoms with Gasteiger partial charge in [-0.3, -0.25) is 0 Å². The molecule has 0 aliphatic heterocycles. The molecule has 1 aliphatic carbocycles. The lowest BCUT2D eigenvalue weighted by Crippen LogP contribution is -2.17. The highest BCUT2D eigenvalue weighted by atomic mass is 32.2. The number of hydrogen-bond donors (Lipinski definition) is 2. The fourth-order valence-electron chi connectivity index (χ4n) is 2.92. The maximum Gasteiger partial charge on any atom is 0.239 e. The Morgan fingerprint density at radius 2 is 1.93 bits per heavy atom. The first-order chi connectivity index (χ1) is 13.5. The van der Waals surface area contributed by atoms with Gasteiger partial charge < -0.3 is 5.32 Å². The van der Waals surface area contributed by atoms with Crippen molar-refractivity contribution in [2.45, 2.75) is 30.7 Å². The number of nitrogens with one attached hydrogen (secondary N) is 1. The molecule has 0 spiro atoms. The van der Waals surface area contributed by atoms with Crippen LogP contribution in [0.5, 0.6) is 0 Å². The van der Waals surface area contributed by atoms with Crippen LogP contribution in [0.2, 0.25) is 0 Å². The van der Waals surface area contributed by atoms with E-state index in [1.165, 1.54) is 25.1 Å². The molecule has 3 N–H and O–H groups in total. The normalized spacial score (nSPS) is 14.3. The first kappa shape index (κ1) is 18.7. The van der Waals surface area contributed by atoms with E-state index in [1.807, 2.05) is 30.3 Å². The van der Waals surface area contributed by atoms with E-state index in [1.54, 1.807) is 10.7 Å². The summed E-state index contributed by atoms with van der Waals surface area (Å²) in [6, 6.07) is 13.0. The minimum absolute atomic E-state index is 0.0349. The number of nitrogens with two attached hydrogens (primary N) is 1. The topological polar surface area (TPSA) is 116 Å². The molecular weight excluding hydrogens is 376 g/mol. The molecule has 0 bridgehead atoms. The molecule has 8 nitrogen and oxygen atoms in total. The Labute approximate surface area is 163 Å². The Morgan fingerprint density at radius 3 is 2.57 bits per heavy atom. The quantitative estimate of drug-likeness (QED) is 0.593. The van der Waals surface area contributed by atoms with Crippen LogP contribution >= 0.6 is 0 Å². The van der Waals surface area contributed by atoms with Gasteiger partial charge in [0.25, 0.3) is 0 Å². The fraction of sp³-hybridized carbons (Fsp3) is 0.316. The summed E-state index contributed by atoms with van der Waals surface area (Å²) < 4.78 is 24.6. The maximum absolute atomic E-state index is 11.5. The van der Waals surface area contributed by atoms with E-state index in [2.05, 4.69) is 20.4 Å². The first-order valence-electron chi connectivity index (χ1n) is 9.18. The molecule has 0 atom stereocenters. The summed E-state index contributed by atoms with van der Waals surface area (Å²) in [4.78, 5) is 8.87. The number of aromatic nitrogens is 4. The van der Waals surface area contributed by atoms with Crippen LogP contribution in [-0.4, -0.2) is 34.7 Å². The lowest BCUT2D eigenvalue weighted by atomic mass is 10.1. The van der Waals surface area contributed by atoms with Crippen LogP contribution in [0.3, 0.4) is 0 Å². The molecule has 9 heteroatoms. The molecule has 146 valence electrons. The molecule has 0 radical (unpaired) electrons. The van der Waals surface area contributed by atoms with Gasteiger partial charge in [-0.1, -0.05) is 30.3 Å². The molecular formula is C19H22N6O2S. The third kappa shape index (κ3) is 4.61. The maximum atomic E-state index is 11.5. The summed E-state index contributed by atoms with van der Waals surface area (Å²) in [5.41, 5.74) is 1.11. The second kappa shape index (κ2) is 7.78. The zero-order chi connectivity index (χ0) is 19.6. The smallest absolute Gasteiger partial charge is 0.239 e. The SMILES string of the molecule is NS(=O)(=O)c1ccc(-n2nc(CNCC3CC3)nc2Cc2ccccc2)nc1. The minimum Gasteiger partial charge on any atom is -0.310 e. The first-order valence-corrected chi connectivity index (χ1v) is 10.7. The Morgan fingerprint density at radius 1 is 1.14 bits per heavy atom. The Hall–Kier alpha value is -2.62. The van der Waals surface area contributed by atoms with Gasteiger partial charge in [0.1, 0.15) is 10.7 Å². The Kier molecular flexibility index (Phi) is 5.21. The van der Waals surface area contributed by atoms with Crippen LogP contribution in [0.15, 0.2) is 53.6 Å². The van der Waals surface area contributed by atoms with Crippen molar-refractivity contribution in [3.05, 3.63) is 65.9 Å². The van der Waals surface area contributed by atoms with Gasteiger partial charge in [-0.25, -0.2) is 23.5 Å². The van der Waals surface area contributed by atoms with Gasteiger partial charge >= 0.3 is 0 Å². The predicted molar refractivity (Wildman–Crippen MR) is 104 cm³/mol. The van der Waals surface area contributed by atoms with Gasteiger partial charge in [0, 0.05) is 12.6 Å². The summed E-state index contributed by atoms with van der Waals surface area (Å²) in [7, 11) is -3.79. The van der Waals surface area contributed by atoms with Gasteiger partial charge in [-0.05, 0) is 43.0 Å². The van der Waals surface area contributed by atoms with Crippen molar-refractivity contribution in [3.8, 4) is 5.82 Å². The molecule has 0 unspecified atom stereocenters. The van der Waals surface area contributed by atoms with Gasteiger partial charge in [-0.2, -0.15) is 4.68 Å². The number of primary sulfonamides is 1. The second-order valence-corrected chi connectivity index (χ2v) is 8.55. The van der Waals surface area contributed by atoms with E-state index in [0.29, 0.717) is 24.6 Å². The lowest BCUT2D eigenvalue weighted by Gasteiger charge is -2.06. The van der Waals surface area contributed by atoms with Crippen molar-refractivity contribution in [3.63, 3.8) is 0 Å². The highest BCUT2D eigenvalue weighted by molar-refractivity contribution is 7.89. The largest absolute Gasteiger partial charge is 0.310 e. The number of benzene rings is 1. The third-order valence-corrected chi connectivity index (χ3v) is 5.50. The van der Waals surface area contributed by atoms with Gasteiger partial charge in [0.05, 0.1) is 6.54 Å². The number of pyridine rings is 1. The van der Waals surface area contributed by atoms with Crippen molar-refractivity contribution < 1.29 is 8.42 Å². The average molecular weight is 398 g/mol. The van der Waals surface area contributed by atoms with E-state index in [0.717, 1.165) is 23.9 Å². The van der Waals surface area contributed by atoms with Gasteiger partial charge in [0.2, 0.25) is 10.0 Å². The van der Waals surface area contributed by atoms with E-state index in [-0.39, 0.29) is 4.90 Å². The van der Waals surface area contributed by atoms with Crippen LogP contribution in [0.1, 0.15) is 30.1 Å². The summed E-state index contributed by atoms with van der Waals surface area (Å²) >= 11 is 0. The molecule has 1 aromatic carbocycles. The van der Waals surface area contributed by atoms with Crippen molar-refractivity contribution in [2.75, 3.05) is 6.54 Å². The number of rotatable bonds is 8. The van der Waals surface area contributed by atoms with E-state index >= 15 is 0 Å². The molecule has 0 amide bonds. The van der Waals surface area contributed by atoms with Gasteiger partial charge in [0.15, 0.2) is 11.6 Å². The Bertz CT molecular complexity index is 1040. The minimum atomic E-state index is -3.79. The summed E-state index contributed by atoms with van der Waals surface area (Å²) in [5, 5.41) is 13.1. The second-order valence-electron chi connectivity index (χ2n) is 6.99. The zero-order valence-electron chi connectivity index (χ0n) is 15.3. The predicted octanol–water partition coefficient (Wildman–Crippen LogP) is 1.40. The van der Waals surface area contributed by atoms with Crippen LogP contribution in [-0.2, 0) is 23.0 Å². The molecule has 1 saturated carbocycles.